The van der Waals surface area contributed by atoms with Gasteiger partial charge in [0.15, 0.2) is 0 Å². The van der Waals surface area contributed by atoms with Gasteiger partial charge < -0.3 is 24.4 Å². The van der Waals surface area contributed by atoms with Crippen LogP contribution in [0, 0.1) is 6.92 Å². The minimum absolute atomic E-state index is 0.123. The molecule has 2 aromatic heterocycles. The highest BCUT2D eigenvalue weighted by Crippen LogP contribution is 2.46. The zero-order chi connectivity index (χ0) is 29.5. The van der Waals surface area contributed by atoms with Crippen molar-refractivity contribution in [2.75, 3.05) is 31.6 Å². The molecule has 1 N–H and O–H groups in total. The molecule has 220 valence electrons. The summed E-state index contributed by atoms with van der Waals surface area (Å²) in [5, 5.41) is 17.8. The number of aromatic nitrogens is 2. The van der Waals surface area contributed by atoms with Crippen LogP contribution in [-0.4, -0.2) is 81.2 Å². The lowest BCUT2D eigenvalue weighted by molar-refractivity contribution is -0.146. The molecule has 0 spiro atoms. The fourth-order valence-corrected chi connectivity index (χ4v) is 7.07. The molecule has 0 bridgehead atoms. The van der Waals surface area contributed by atoms with Crippen molar-refractivity contribution in [1.82, 2.24) is 19.6 Å². The van der Waals surface area contributed by atoms with Gasteiger partial charge in [-0.1, -0.05) is 29.5 Å². The molecular weight excluding hydrogens is 542 g/mol. The van der Waals surface area contributed by atoms with Gasteiger partial charge in [-0.05, 0) is 59.6 Å². The van der Waals surface area contributed by atoms with Gasteiger partial charge in [0, 0.05) is 36.6 Å². The average molecular weight is 582 g/mol. The third-order valence-electron chi connectivity index (χ3n) is 7.82. The normalized spacial score (nSPS) is 18.3. The van der Waals surface area contributed by atoms with E-state index < -0.39 is 18.0 Å². The van der Waals surface area contributed by atoms with Gasteiger partial charge in [-0.3, -0.25) is 14.5 Å². The lowest BCUT2D eigenvalue weighted by Crippen LogP contribution is -2.67. The van der Waals surface area contributed by atoms with E-state index in [0.717, 1.165) is 29.0 Å². The predicted molar refractivity (Wildman–Crippen MR) is 158 cm³/mol. The summed E-state index contributed by atoms with van der Waals surface area (Å²) >= 11 is 1.38. The number of para-hydroxylation sites is 1. The van der Waals surface area contributed by atoms with Crippen molar-refractivity contribution in [3.63, 3.8) is 0 Å². The number of carbonyl (C=O) groups excluding carboxylic acids is 2. The van der Waals surface area contributed by atoms with Gasteiger partial charge in [0.05, 0.1) is 25.3 Å². The second-order valence-corrected chi connectivity index (χ2v) is 12.3. The van der Waals surface area contributed by atoms with Crippen molar-refractivity contribution in [2.45, 2.75) is 71.6 Å². The van der Waals surface area contributed by atoms with Gasteiger partial charge >= 0.3 is 0 Å². The van der Waals surface area contributed by atoms with Gasteiger partial charge in [-0.25, -0.2) is 4.68 Å². The third kappa shape index (κ3) is 5.22. The largest absolute Gasteiger partial charge is 0.496 e. The summed E-state index contributed by atoms with van der Waals surface area (Å²) in [7, 11) is 1.62. The standard InChI is InChI=1S/C30H39N5O5S/c1-19(2)40-23(21-12-7-8-13-22(21)39-6)18-33-27-24(20(3)26(41-27)34-17-11-14-31-34)25(36)35(29(33)38)30(4,5)28(37)32-15-9-10-16-32/h7-8,11-14,17,19,23,29,38H,9-10,15-16,18H2,1-6H3/t23-,29?/m0/s1. The minimum atomic E-state index is -1.41. The molecule has 1 fully saturated rings. The fourth-order valence-electron chi connectivity index (χ4n) is 5.80. The summed E-state index contributed by atoms with van der Waals surface area (Å²) in [6.07, 6.45) is 3.34. The number of hydrogen-bond donors (Lipinski definition) is 1. The number of fused-ring (bicyclic) bond motifs is 1. The molecule has 2 aliphatic heterocycles. The van der Waals surface area contributed by atoms with E-state index in [1.807, 2.05) is 57.3 Å². The molecule has 1 saturated heterocycles. The molecule has 0 saturated carbocycles. The van der Waals surface area contributed by atoms with Crippen LogP contribution in [0.2, 0.25) is 0 Å². The maximum atomic E-state index is 14.3. The highest BCUT2D eigenvalue weighted by Gasteiger charge is 2.51. The SMILES string of the molecule is COc1ccccc1[C@H](CN1c2sc(-n3cccn3)c(C)c2C(=O)N(C(C)(C)C(=O)N2CCCC2)C1O)OC(C)C. The van der Waals surface area contributed by atoms with Crippen LogP contribution in [0.3, 0.4) is 0 Å². The van der Waals surface area contributed by atoms with Crippen molar-refractivity contribution in [3.05, 3.63) is 59.4 Å². The number of hydrogen-bond acceptors (Lipinski definition) is 8. The summed E-state index contributed by atoms with van der Waals surface area (Å²) in [4.78, 5) is 32.9. The van der Waals surface area contributed by atoms with Crippen molar-refractivity contribution >= 4 is 28.2 Å². The van der Waals surface area contributed by atoms with Crippen LogP contribution in [0.5, 0.6) is 5.75 Å². The molecule has 3 aromatic rings. The molecule has 0 radical (unpaired) electrons. The summed E-state index contributed by atoms with van der Waals surface area (Å²) < 4.78 is 13.8. The van der Waals surface area contributed by atoms with E-state index in [4.69, 9.17) is 9.47 Å². The maximum absolute atomic E-state index is 14.3. The van der Waals surface area contributed by atoms with Gasteiger partial charge in [0.1, 0.15) is 27.4 Å². The Balaban J connectivity index is 1.63. The number of nitrogens with zero attached hydrogens (tertiary/aromatic N) is 5. The zero-order valence-electron chi connectivity index (χ0n) is 24.5. The first-order valence-electron chi connectivity index (χ1n) is 14.1. The minimum Gasteiger partial charge on any atom is -0.496 e. The number of methoxy groups -OCH3 is 1. The number of anilines is 1. The van der Waals surface area contributed by atoms with E-state index >= 15 is 0 Å². The predicted octanol–water partition coefficient (Wildman–Crippen LogP) is 4.36. The molecule has 1 unspecified atom stereocenters. The second kappa shape index (κ2) is 11.5. The fraction of sp³-hybridized carbons (Fsp3) is 0.500. The quantitative estimate of drug-likeness (QED) is 0.401. The molecule has 10 nitrogen and oxygen atoms in total. The molecule has 2 amide bonds. The highest BCUT2D eigenvalue weighted by atomic mass is 32.1. The molecule has 2 atom stereocenters. The smallest absolute Gasteiger partial charge is 0.261 e. The molecular formula is C30H39N5O5S. The zero-order valence-corrected chi connectivity index (χ0v) is 25.4. The number of ether oxygens (including phenoxy) is 2. The van der Waals surface area contributed by atoms with Crippen LogP contribution in [0.1, 0.15) is 68.1 Å². The van der Waals surface area contributed by atoms with Crippen molar-refractivity contribution < 1.29 is 24.2 Å². The Morgan fingerprint density at radius 3 is 2.51 bits per heavy atom. The van der Waals surface area contributed by atoms with E-state index in [1.54, 1.807) is 41.6 Å². The Morgan fingerprint density at radius 2 is 1.88 bits per heavy atom. The number of thiophene rings is 1. The van der Waals surface area contributed by atoms with E-state index in [-0.39, 0.29) is 24.5 Å². The van der Waals surface area contributed by atoms with Crippen LogP contribution in [-0.2, 0) is 9.53 Å². The van der Waals surface area contributed by atoms with E-state index in [1.165, 1.54) is 16.2 Å². The topological polar surface area (TPSA) is 100 Å². The van der Waals surface area contributed by atoms with Crippen LogP contribution in [0.4, 0.5) is 5.00 Å². The van der Waals surface area contributed by atoms with E-state index in [0.29, 0.717) is 29.4 Å². The molecule has 11 heteroatoms. The number of aliphatic hydroxyl groups excluding tert-OH is 1. The van der Waals surface area contributed by atoms with Crippen LogP contribution in [0.15, 0.2) is 42.7 Å². The summed E-state index contributed by atoms with van der Waals surface area (Å²) in [5.41, 5.74) is 0.726. The Morgan fingerprint density at radius 1 is 1.17 bits per heavy atom. The molecule has 2 aliphatic rings. The average Bonchev–Trinajstić information content (AvgIpc) is 3.71. The van der Waals surface area contributed by atoms with E-state index in [2.05, 4.69) is 5.10 Å². The Labute approximate surface area is 245 Å². The first-order valence-corrected chi connectivity index (χ1v) is 14.9. The highest BCUT2D eigenvalue weighted by molar-refractivity contribution is 7.19. The van der Waals surface area contributed by atoms with Gasteiger partial charge in [-0.2, -0.15) is 5.10 Å². The molecule has 0 aliphatic carbocycles. The Bertz CT molecular complexity index is 1400. The number of likely N-dealkylation sites (tertiary alicyclic amines) is 1. The Kier molecular flexibility index (Phi) is 8.13. The third-order valence-corrected chi connectivity index (χ3v) is 9.14. The molecule has 5 rings (SSSR count). The van der Waals surface area contributed by atoms with Crippen LogP contribution >= 0.6 is 11.3 Å². The lowest BCUT2D eigenvalue weighted by Gasteiger charge is -2.49. The second-order valence-electron chi connectivity index (χ2n) is 11.3. The first-order chi connectivity index (χ1) is 19.6. The van der Waals surface area contributed by atoms with Gasteiger partial charge in [-0.15, -0.1) is 0 Å². The van der Waals surface area contributed by atoms with Crippen LogP contribution < -0.4 is 9.64 Å². The maximum Gasteiger partial charge on any atom is 0.261 e. The monoisotopic (exact) mass is 581 g/mol. The number of aliphatic hydroxyl groups is 1. The number of benzene rings is 1. The number of amides is 2. The lowest BCUT2D eigenvalue weighted by atomic mass is 9.96. The Hall–Kier alpha value is -3.41. The van der Waals surface area contributed by atoms with Crippen molar-refractivity contribution in [3.8, 4) is 10.8 Å². The van der Waals surface area contributed by atoms with Crippen molar-refractivity contribution in [2.24, 2.45) is 0 Å². The number of carbonyl (C=O) groups is 2. The molecule has 41 heavy (non-hydrogen) atoms. The van der Waals surface area contributed by atoms with Crippen molar-refractivity contribution in [1.29, 1.82) is 0 Å². The van der Waals surface area contributed by atoms with Gasteiger partial charge in [0.2, 0.25) is 12.3 Å². The summed E-state index contributed by atoms with van der Waals surface area (Å²) in [5.74, 6) is 0.111. The van der Waals surface area contributed by atoms with E-state index in [9.17, 15) is 14.7 Å². The molecule has 1 aromatic carbocycles. The van der Waals surface area contributed by atoms with Gasteiger partial charge in [0.25, 0.3) is 5.91 Å². The first kappa shape index (κ1) is 29.1. The molecule has 4 heterocycles. The number of rotatable bonds is 9. The summed E-state index contributed by atoms with van der Waals surface area (Å²) in [6, 6.07) is 9.47. The van der Waals surface area contributed by atoms with Crippen LogP contribution in [0.25, 0.3) is 5.00 Å². The summed E-state index contributed by atoms with van der Waals surface area (Å²) in [6.45, 7) is 10.7.